The Morgan fingerprint density at radius 3 is 2.00 bits per heavy atom. The number of halogens is 7. The lowest BCUT2D eigenvalue weighted by molar-refractivity contribution is -0.189. The largest absolute Gasteiger partial charge is 0.432 e. The number of alkyl halides is 2. The SMILES string of the molecule is CCC1CCCC(C(O)c2ccc(-c3cc(F)c(C(F)(F)Oc4cc(F)c(F)c(F)c4)c(F)c3)cc2)CC1. The van der Waals surface area contributed by atoms with Crippen molar-refractivity contribution in [1.29, 1.82) is 0 Å². The van der Waals surface area contributed by atoms with Crippen LogP contribution in [-0.4, -0.2) is 5.11 Å². The van der Waals surface area contributed by atoms with E-state index in [2.05, 4.69) is 11.7 Å². The van der Waals surface area contributed by atoms with Crippen molar-refractivity contribution < 1.29 is 40.6 Å². The van der Waals surface area contributed by atoms with E-state index in [1.165, 1.54) is 12.1 Å². The Kier molecular flexibility index (Phi) is 8.35. The molecule has 0 heterocycles. The Morgan fingerprint density at radius 2 is 1.42 bits per heavy atom. The molecule has 2 nitrogen and oxygen atoms in total. The molecule has 0 amide bonds. The predicted molar refractivity (Wildman–Crippen MR) is 128 cm³/mol. The van der Waals surface area contributed by atoms with Crippen LogP contribution < -0.4 is 4.74 Å². The van der Waals surface area contributed by atoms with Crippen LogP contribution in [0.2, 0.25) is 0 Å². The van der Waals surface area contributed by atoms with Gasteiger partial charge in [0.05, 0.1) is 6.10 Å². The third-order valence-electron chi connectivity index (χ3n) is 7.28. The van der Waals surface area contributed by atoms with Gasteiger partial charge in [-0.2, -0.15) is 8.78 Å². The van der Waals surface area contributed by atoms with Crippen molar-refractivity contribution in [3.63, 3.8) is 0 Å². The lowest BCUT2D eigenvalue weighted by Gasteiger charge is -2.22. The van der Waals surface area contributed by atoms with Crippen LogP contribution in [0.15, 0.2) is 48.5 Å². The summed E-state index contributed by atoms with van der Waals surface area (Å²) >= 11 is 0. The summed E-state index contributed by atoms with van der Waals surface area (Å²) in [6.07, 6.45) is 0.832. The highest BCUT2D eigenvalue weighted by molar-refractivity contribution is 5.64. The number of benzene rings is 3. The number of aliphatic hydroxyl groups is 1. The fourth-order valence-electron chi connectivity index (χ4n) is 5.08. The highest BCUT2D eigenvalue weighted by atomic mass is 19.3. The predicted octanol–water partition coefficient (Wildman–Crippen LogP) is 8.82. The summed E-state index contributed by atoms with van der Waals surface area (Å²) in [4.78, 5) is 0. The monoisotopic (exact) mass is 540 g/mol. The average molecular weight is 541 g/mol. The molecule has 3 aromatic carbocycles. The minimum Gasteiger partial charge on any atom is -0.429 e. The standard InChI is InChI=1S/C29H27F7O2/c1-2-16-4-3-5-18(7-6-16)28(37)19-10-8-17(9-11-19)20-12-22(30)26(23(31)13-20)29(35,36)38-21-14-24(32)27(34)25(33)15-21/h8-16,18,28,37H,2-7H2,1H3. The van der Waals surface area contributed by atoms with Gasteiger partial charge in [-0.25, -0.2) is 22.0 Å². The maximum absolute atomic E-state index is 14.7. The van der Waals surface area contributed by atoms with Crippen molar-refractivity contribution >= 4 is 0 Å². The summed E-state index contributed by atoms with van der Waals surface area (Å²) in [5.74, 6) is -9.19. The number of aliphatic hydroxyl groups excluding tert-OH is 1. The molecule has 38 heavy (non-hydrogen) atoms. The summed E-state index contributed by atoms with van der Waals surface area (Å²) in [7, 11) is 0. The Bertz CT molecular complexity index is 1230. The lowest BCUT2D eigenvalue weighted by atomic mass is 9.88. The fraction of sp³-hybridized carbons (Fsp3) is 0.379. The van der Waals surface area contributed by atoms with E-state index < -0.39 is 52.6 Å². The topological polar surface area (TPSA) is 29.5 Å². The quantitative estimate of drug-likeness (QED) is 0.184. The molecule has 204 valence electrons. The number of hydrogen-bond acceptors (Lipinski definition) is 2. The lowest BCUT2D eigenvalue weighted by Crippen LogP contribution is -2.25. The van der Waals surface area contributed by atoms with Gasteiger partial charge in [-0.3, -0.25) is 0 Å². The molecule has 1 aliphatic rings. The minimum absolute atomic E-state index is 0.0419. The van der Waals surface area contributed by atoms with Crippen molar-refractivity contribution in [3.05, 3.63) is 88.7 Å². The van der Waals surface area contributed by atoms with Gasteiger partial charge in [0.15, 0.2) is 17.5 Å². The van der Waals surface area contributed by atoms with E-state index in [9.17, 15) is 35.8 Å². The van der Waals surface area contributed by atoms with Gasteiger partial charge in [0.2, 0.25) is 0 Å². The van der Waals surface area contributed by atoms with E-state index in [1.807, 2.05) is 0 Å². The first-order valence-electron chi connectivity index (χ1n) is 12.5. The average Bonchev–Trinajstić information content (AvgIpc) is 3.12. The molecule has 0 radical (unpaired) electrons. The van der Waals surface area contributed by atoms with Gasteiger partial charge in [-0.05, 0) is 53.5 Å². The van der Waals surface area contributed by atoms with E-state index in [1.54, 1.807) is 12.1 Å². The third-order valence-corrected chi connectivity index (χ3v) is 7.28. The Morgan fingerprint density at radius 1 is 0.816 bits per heavy atom. The second kappa shape index (κ2) is 11.4. The Hall–Kier alpha value is -3.07. The fourth-order valence-corrected chi connectivity index (χ4v) is 5.08. The molecular formula is C29H27F7O2. The molecule has 3 unspecified atom stereocenters. The molecule has 9 heteroatoms. The molecule has 3 aromatic rings. The van der Waals surface area contributed by atoms with E-state index in [-0.39, 0.29) is 23.6 Å². The van der Waals surface area contributed by atoms with Crippen molar-refractivity contribution in [1.82, 2.24) is 0 Å². The molecule has 1 fully saturated rings. The minimum atomic E-state index is -4.66. The van der Waals surface area contributed by atoms with Crippen LogP contribution in [-0.2, 0) is 6.11 Å². The zero-order valence-corrected chi connectivity index (χ0v) is 20.6. The zero-order valence-electron chi connectivity index (χ0n) is 20.6. The summed E-state index contributed by atoms with van der Waals surface area (Å²) in [5, 5.41) is 10.9. The van der Waals surface area contributed by atoms with Crippen LogP contribution in [0.25, 0.3) is 11.1 Å². The normalized spacial score (nSPS) is 19.2. The van der Waals surface area contributed by atoms with Crippen LogP contribution in [0.4, 0.5) is 30.7 Å². The van der Waals surface area contributed by atoms with Crippen LogP contribution >= 0.6 is 0 Å². The van der Waals surface area contributed by atoms with Gasteiger partial charge in [0.25, 0.3) is 0 Å². The van der Waals surface area contributed by atoms with Crippen molar-refractivity contribution in [3.8, 4) is 16.9 Å². The Labute approximate surface area is 216 Å². The first-order chi connectivity index (χ1) is 18.0. The highest BCUT2D eigenvalue weighted by Crippen LogP contribution is 2.39. The van der Waals surface area contributed by atoms with E-state index in [0.29, 0.717) is 29.2 Å². The molecule has 0 spiro atoms. The van der Waals surface area contributed by atoms with Gasteiger partial charge in [-0.1, -0.05) is 56.9 Å². The molecule has 1 N–H and O–H groups in total. The summed E-state index contributed by atoms with van der Waals surface area (Å²) in [5.41, 5.74) is -0.828. The zero-order chi connectivity index (χ0) is 27.6. The summed E-state index contributed by atoms with van der Waals surface area (Å²) < 4.78 is 103. The third kappa shape index (κ3) is 5.98. The maximum Gasteiger partial charge on any atom is 0.432 e. The first kappa shape index (κ1) is 28.0. The molecular weight excluding hydrogens is 513 g/mol. The van der Waals surface area contributed by atoms with Crippen LogP contribution in [0, 0.1) is 40.9 Å². The second-order valence-corrected chi connectivity index (χ2v) is 9.74. The molecule has 1 aliphatic carbocycles. The molecule has 0 aromatic heterocycles. The van der Waals surface area contributed by atoms with Crippen LogP contribution in [0.3, 0.4) is 0 Å². The van der Waals surface area contributed by atoms with E-state index in [0.717, 1.165) is 38.5 Å². The van der Waals surface area contributed by atoms with Gasteiger partial charge in [0, 0.05) is 12.1 Å². The maximum atomic E-state index is 14.7. The van der Waals surface area contributed by atoms with E-state index >= 15 is 0 Å². The molecule has 0 aliphatic heterocycles. The van der Waals surface area contributed by atoms with Crippen molar-refractivity contribution in [2.24, 2.45) is 11.8 Å². The van der Waals surface area contributed by atoms with Crippen LogP contribution in [0.1, 0.15) is 62.7 Å². The smallest absolute Gasteiger partial charge is 0.429 e. The van der Waals surface area contributed by atoms with Gasteiger partial charge in [-0.15, -0.1) is 0 Å². The van der Waals surface area contributed by atoms with Crippen molar-refractivity contribution in [2.45, 2.75) is 57.7 Å². The van der Waals surface area contributed by atoms with Crippen molar-refractivity contribution in [2.75, 3.05) is 0 Å². The number of ether oxygens (including phenoxy) is 1. The second-order valence-electron chi connectivity index (χ2n) is 9.74. The first-order valence-corrected chi connectivity index (χ1v) is 12.5. The number of rotatable bonds is 7. The summed E-state index contributed by atoms with van der Waals surface area (Å²) in [6.45, 7) is 2.17. The van der Waals surface area contributed by atoms with Gasteiger partial charge >= 0.3 is 6.11 Å². The summed E-state index contributed by atoms with van der Waals surface area (Å²) in [6, 6.07) is 8.01. The molecule has 0 saturated heterocycles. The molecule has 4 rings (SSSR count). The Balaban J connectivity index is 1.53. The van der Waals surface area contributed by atoms with E-state index in [4.69, 9.17) is 0 Å². The van der Waals surface area contributed by atoms with Crippen LogP contribution in [0.5, 0.6) is 5.75 Å². The highest BCUT2D eigenvalue weighted by Gasteiger charge is 2.41. The molecule has 3 atom stereocenters. The number of hydrogen-bond donors (Lipinski definition) is 1. The molecule has 0 bridgehead atoms. The van der Waals surface area contributed by atoms with Gasteiger partial charge in [0.1, 0.15) is 22.9 Å². The van der Waals surface area contributed by atoms with Gasteiger partial charge < -0.3 is 9.84 Å². The molecule has 1 saturated carbocycles.